The lowest BCUT2D eigenvalue weighted by molar-refractivity contribution is -0.0319. The van der Waals surface area contributed by atoms with Crippen LogP contribution in [0.4, 0.5) is 0 Å². The molecule has 0 aromatic heterocycles. The average molecular weight is 2000 g/mol. The lowest BCUT2D eigenvalue weighted by atomic mass is 10.1. The van der Waals surface area contributed by atoms with Gasteiger partial charge in [-0.3, -0.25) is 0 Å². The summed E-state index contributed by atoms with van der Waals surface area (Å²) in [7, 11) is 0. The minimum absolute atomic E-state index is 0.275. The Morgan fingerprint density at radius 1 is 0.135 bits per heavy atom. The monoisotopic (exact) mass is 2000 g/mol. The van der Waals surface area contributed by atoms with Gasteiger partial charge < -0.3 is 152 Å². The standard InChI is InChI=1S/C50H94O21.C30H54O11.2C12H10.C5H12/c1-3-49(2)70-47-45-68-43-41-66-39-37-64-35-33-62-31-29-60-27-25-58-23-21-56-19-17-54-15-13-52-11-9-51-10-12-53-14-16-55-18-20-57-22-24-59-26-28-61-30-32-63-34-36-65-38-40-67-42-44-69-46-48-71-50-7-5-4-6-8-50;1-3-29(2)40-27-25-38-23-21-36-19-17-34-15-13-32-11-9-31-10-12-33-14-16-35-18-20-37-22-24-39-26-28-41-30-7-5-4-6-8-30;2*1-3-7-11(8-4-1)12-9-5-2-6-10-12;1-4-5(2)3/h4-8,49H,3,9-48H2,1-2H3;4-8,29H,3,9-28H2,1-2H3;2*1-10H;5H,4H2,1-3H3. The van der Waals surface area contributed by atoms with Crippen LogP contribution in [-0.2, 0) is 142 Å². The first-order valence-corrected chi connectivity index (χ1v) is 50.8. The minimum atomic E-state index is 0.275. The lowest BCUT2D eigenvalue weighted by Gasteiger charge is -2.11. The second kappa shape index (κ2) is 111. The Labute approximate surface area is 845 Å². The minimum Gasteiger partial charge on any atom is -0.491 e. The molecule has 0 aliphatic heterocycles. The van der Waals surface area contributed by atoms with Crippen molar-refractivity contribution in [1.29, 1.82) is 0 Å². The van der Waals surface area contributed by atoms with E-state index in [0.717, 1.165) is 30.3 Å². The Morgan fingerprint density at radius 3 is 0.355 bits per heavy atom. The van der Waals surface area contributed by atoms with Gasteiger partial charge in [-0.05, 0) is 79.1 Å². The highest BCUT2D eigenvalue weighted by molar-refractivity contribution is 5.63. The van der Waals surface area contributed by atoms with Crippen LogP contribution in [0, 0.1) is 5.92 Å². The summed E-state index contributed by atoms with van der Waals surface area (Å²) < 4.78 is 176. The molecule has 6 aromatic rings. The van der Waals surface area contributed by atoms with Crippen LogP contribution in [0.1, 0.15) is 67.7 Å². The number of hydrogen-bond donors (Lipinski definition) is 0. The molecule has 0 spiro atoms. The van der Waals surface area contributed by atoms with E-state index in [1.807, 2.05) is 84.9 Å². The zero-order valence-corrected chi connectivity index (χ0v) is 86.7. The van der Waals surface area contributed by atoms with Crippen molar-refractivity contribution in [3.8, 4) is 33.8 Å². The van der Waals surface area contributed by atoms with Crippen molar-refractivity contribution in [2.24, 2.45) is 5.92 Å². The van der Waals surface area contributed by atoms with E-state index in [0.29, 0.717) is 396 Å². The van der Waals surface area contributed by atoms with E-state index in [2.05, 4.69) is 146 Å². The molecule has 0 aliphatic rings. The summed E-state index contributed by atoms with van der Waals surface area (Å²) in [6, 6.07) is 60.9. The van der Waals surface area contributed by atoms with Crippen LogP contribution in [-0.4, -0.2) is 409 Å². The molecule has 2 unspecified atom stereocenters. The molecule has 0 amide bonds. The van der Waals surface area contributed by atoms with Crippen molar-refractivity contribution in [3.63, 3.8) is 0 Å². The highest BCUT2D eigenvalue weighted by Crippen LogP contribution is 2.19. The number of benzene rings is 6. The molecule has 808 valence electrons. The van der Waals surface area contributed by atoms with Crippen LogP contribution in [0.15, 0.2) is 182 Å². The Hall–Kier alpha value is -6.28. The summed E-state index contributed by atoms with van der Waals surface area (Å²) in [5.74, 6) is 2.57. The van der Waals surface area contributed by atoms with Crippen molar-refractivity contribution < 1.29 is 152 Å². The maximum atomic E-state index is 5.57. The highest BCUT2D eigenvalue weighted by atomic mass is 16.6. The molecule has 0 aliphatic carbocycles. The van der Waals surface area contributed by atoms with E-state index in [9.17, 15) is 0 Å². The smallest absolute Gasteiger partial charge is 0.119 e. The predicted octanol–water partition coefficient (Wildman–Crippen LogP) is 15.0. The van der Waals surface area contributed by atoms with Crippen LogP contribution < -0.4 is 9.47 Å². The molecule has 0 radical (unpaired) electrons. The van der Waals surface area contributed by atoms with Gasteiger partial charge in [0.25, 0.3) is 0 Å². The van der Waals surface area contributed by atoms with E-state index >= 15 is 0 Å². The van der Waals surface area contributed by atoms with E-state index in [1.54, 1.807) is 0 Å². The number of ether oxygens (including phenoxy) is 32. The van der Waals surface area contributed by atoms with Crippen molar-refractivity contribution >= 4 is 0 Å². The predicted molar refractivity (Wildman–Crippen MR) is 547 cm³/mol. The molecule has 6 aromatic carbocycles. The van der Waals surface area contributed by atoms with Crippen LogP contribution in [0.25, 0.3) is 22.3 Å². The number of hydrogen-bond acceptors (Lipinski definition) is 32. The van der Waals surface area contributed by atoms with Gasteiger partial charge in [0.1, 0.15) is 24.7 Å². The molecule has 0 N–H and O–H groups in total. The van der Waals surface area contributed by atoms with E-state index < -0.39 is 0 Å². The zero-order chi connectivity index (χ0) is 101. The van der Waals surface area contributed by atoms with Gasteiger partial charge in [-0.1, -0.05) is 199 Å². The quantitative estimate of drug-likeness (QED) is 0.0320. The largest absolute Gasteiger partial charge is 0.491 e. The zero-order valence-electron chi connectivity index (χ0n) is 86.7. The highest BCUT2D eigenvalue weighted by Gasteiger charge is 2.06. The normalized spacial score (nSPS) is 11.6. The van der Waals surface area contributed by atoms with E-state index in [-0.39, 0.29) is 12.2 Å². The van der Waals surface area contributed by atoms with Gasteiger partial charge >= 0.3 is 0 Å². The summed E-state index contributed by atoms with van der Waals surface area (Å²) in [6.45, 7) is 46.0. The third kappa shape index (κ3) is 98.2. The lowest BCUT2D eigenvalue weighted by Crippen LogP contribution is -2.16. The number of rotatable bonds is 99. The van der Waals surface area contributed by atoms with E-state index in [4.69, 9.17) is 152 Å². The molecule has 32 nitrogen and oxygen atoms in total. The Kier molecular flexibility index (Phi) is 103. The van der Waals surface area contributed by atoms with Gasteiger partial charge in [0.2, 0.25) is 0 Å². The van der Waals surface area contributed by atoms with Gasteiger partial charge in [0.05, 0.1) is 395 Å². The molecule has 32 heteroatoms. The summed E-state index contributed by atoms with van der Waals surface area (Å²) in [6.07, 6.45) is 3.88. The van der Waals surface area contributed by atoms with E-state index in [1.165, 1.54) is 28.7 Å². The van der Waals surface area contributed by atoms with Crippen molar-refractivity contribution in [1.82, 2.24) is 0 Å². The molecule has 0 heterocycles. The molecule has 0 saturated carbocycles. The topological polar surface area (TPSA) is 295 Å². The molecule has 0 bridgehead atoms. The third-order valence-corrected chi connectivity index (χ3v) is 19.1. The first-order valence-electron chi connectivity index (χ1n) is 50.8. The number of para-hydroxylation sites is 2. The van der Waals surface area contributed by atoms with Crippen molar-refractivity contribution in [3.05, 3.63) is 182 Å². The molecular formula is C109H180O32. The van der Waals surface area contributed by atoms with Gasteiger partial charge in [0.15, 0.2) is 0 Å². The Morgan fingerprint density at radius 2 is 0.241 bits per heavy atom. The van der Waals surface area contributed by atoms with Crippen LogP contribution in [0.5, 0.6) is 11.5 Å². The summed E-state index contributed by atoms with van der Waals surface area (Å²) in [5, 5.41) is 0. The second-order valence-electron chi connectivity index (χ2n) is 30.9. The molecule has 141 heavy (non-hydrogen) atoms. The molecular weight excluding hydrogens is 1820 g/mol. The summed E-state index contributed by atoms with van der Waals surface area (Å²) in [4.78, 5) is 0. The first-order chi connectivity index (χ1) is 69.9. The Bertz CT molecular complexity index is 3140. The molecule has 0 fully saturated rings. The summed E-state index contributed by atoms with van der Waals surface area (Å²) in [5.41, 5.74) is 5.10. The van der Waals surface area contributed by atoms with Gasteiger partial charge in [-0.2, -0.15) is 0 Å². The fourth-order valence-electron chi connectivity index (χ4n) is 10.8. The maximum absolute atomic E-state index is 5.57. The fraction of sp³-hybridized carbons (Fsp3) is 0.670. The first kappa shape index (κ1) is 131. The van der Waals surface area contributed by atoms with Gasteiger partial charge in [-0.25, -0.2) is 0 Å². The molecule has 6 rings (SSSR count). The molecule has 0 saturated heterocycles. The average Bonchev–Trinajstić information content (AvgIpc) is 0.889. The second-order valence-corrected chi connectivity index (χ2v) is 30.9. The Balaban J connectivity index is 0.000000783. The summed E-state index contributed by atoms with van der Waals surface area (Å²) >= 11 is 0. The SMILES string of the molecule is CCC(C)C.CCC(C)OCCOCCOCCOCCOCCOCCOCCOCCOCCOCCOCCOCCOCCOCCOCCOCCOCCOCCOCCOCCOc1ccccc1.CCC(C)OCCOCCOCCOCCOCCOCCOCCOCCOCCOCCOc1ccccc1.c1ccc(-c2ccccc2)cc1.c1ccc(-c2ccccc2)cc1. The maximum Gasteiger partial charge on any atom is 0.119 e. The molecule has 2 atom stereocenters. The van der Waals surface area contributed by atoms with Gasteiger partial charge in [-0.15, -0.1) is 0 Å². The third-order valence-electron chi connectivity index (χ3n) is 19.1. The van der Waals surface area contributed by atoms with Crippen LogP contribution in [0.2, 0.25) is 0 Å². The van der Waals surface area contributed by atoms with Crippen LogP contribution >= 0.6 is 0 Å². The van der Waals surface area contributed by atoms with Crippen LogP contribution in [0.3, 0.4) is 0 Å². The van der Waals surface area contributed by atoms with Crippen molar-refractivity contribution in [2.45, 2.75) is 79.9 Å². The van der Waals surface area contributed by atoms with Gasteiger partial charge in [0, 0.05) is 0 Å². The fourth-order valence-corrected chi connectivity index (χ4v) is 10.8. The van der Waals surface area contributed by atoms with Crippen molar-refractivity contribution in [2.75, 3.05) is 396 Å².